The summed E-state index contributed by atoms with van der Waals surface area (Å²) in [6.07, 6.45) is 3.97. The van der Waals surface area contributed by atoms with E-state index in [1.165, 1.54) is 0 Å². The number of benzene rings is 2. The Kier molecular flexibility index (Phi) is 7.81. The van der Waals surface area contributed by atoms with Crippen molar-refractivity contribution in [1.82, 2.24) is 10.3 Å². The highest BCUT2D eigenvalue weighted by molar-refractivity contribution is 7.98. The molecule has 0 saturated carbocycles. The Labute approximate surface area is 185 Å². The first-order chi connectivity index (χ1) is 15.0. The first kappa shape index (κ1) is 22.5. The van der Waals surface area contributed by atoms with E-state index in [1.807, 2.05) is 60.9 Å². The number of aliphatic carboxylic acids is 1. The second-order valence-corrected chi connectivity index (χ2v) is 7.97. The number of hydrogen-bond acceptors (Lipinski definition) is 5. The lowest BCUT2D eigenvalue weighted by Crippen LogP contribution is -2.41. The Morgan fingerprint density at radius 3 is 2.55 bits per heavy atom. The van der Waals surface area contributed by atoms with E-state index in [0.29, 0.717) is 29.8 Å². The molecule has 0 fully saturated rings. The molecule has 0 radical (unpaired) electrons. The van der Waals surface area contributed by atoms with Gasteiger partial charge in [-0.05, 0) is 53.3 Å². The van der Waals surface area contributed by atoms with E-state index in [4.69, 9.17) is 5.73 Å². The molecule has 3 aromatic rings. The largest absolute Gasteiger partial charge is 0.480 e. The van der Waals surface area contributed by atoms with Crippen LogP contribution in [-0.4, -0.2) is 40.0 Å². The summed E-state index contributed by atoms with van der Waals surface area (Å²) in [6.45, 7) is 0.349. The molecule has 2 aromatic carbocycles. The summed E-state index contributed by atoms with van der Waals surface area (Å²) in [7, 11) is 0. The molecular weight excluding hydrogens is 410 g/mol. The number of amides is 1. The van der Waals surface area contributed by atoms with Crippen molar-refractivity contribution in [2.75, 3.05) is 12.0 Å². The maximum atomic E-state index is 13.1. The van der Waals surface area contributed by atoms with Gasteiger partial charge in [-0.1, -0.05) is 42.5 Å². The molecule has 1 atom stereocenters. The minimum Gasteiger partial charge on any atom is -0.480 e. The van der Waals surface area contributed by atoms with Gasteiger partial charge in [0, 0.05) is 23.9 Å². The summed E-state index contributed by atoms with van der Waals surface area (Å²) in [6, 6.07) is 17.8. The molecule has 3 rings (SSSR count). The molecule has 1 aromatic heterocycles. The van der Waals surface area contributed by atoms with Crippen molar-refractivity contribution in [3.8, 4) is 22.4 Å². The molecule has 0 bridgehead atoms. The fourth-order valence-electron chi connectivity index (χ4n) is 3.34. The number of rotatable bonds is 9. The quantitative estimate of drug-likeness (QED) is 0.472. The molecule has 0 aliphatic carbocycles. The summed E-state index contributed by atoms with van der Waals surface area (Å²) in [5, 5.41) is 12.2. The van der Waals surface area contributed by atoms with Gasteiger partial charge in [0.1, 0.15) is 6.04 Å². The third-order valence-electron chi connectivity index (χ3n) is 4.95. The van der Waals surface area contributed by atoms with Crippen molar-refractivity contribution in [3.05, 3.63) is 78.0 Å². The third kappa shape index (κ3) is 5.51. The molecule has 1 heterocycles. The van der Waals surface area contributed by atoms with Crippen molar-refractivity contribution in [3.63, 3.8) is 0 Å². The fraction of sp³-hybridized carbons (Fsp3) is 0.208. The van der Waals surface area contributed by atoms with Gasteiger partial charge >= 0.3 is 5.97 Å². The van der Waals surface area contributed by atoms with Gasteiger partial charge in [-0.2, -0.15) is 11.8 Å². The van der Waals surface area contributed by atoms with Crippen molar-refractivity contribution in [2.45, 2.75) is 19.0 Å². The minimum absolute atomic E-state index is 0.349. The van der Waals surface area contributed by atoms with Crippen LogP contribution in [0.1, 0.15) is 22.3 Å². The van der Waals surface area contributed by atoms with E-state index in [0.717, 1.165) is 22.4 Å². The van der Waals surface area contributed by atoms with Gasteiger partial charge in [0.15, 0.2) is 0 Å². The zero-order valence-corrected chi connectivity index (χ0v) is 18.1. The van der Waals surface area contributed by atoms with Crippen LogP contribution in [0.4, 0.5) is 0 Å². The molecule has 0 saturated heterocycles. The van der Waals surface area contributed by atoms with E-state index >= 15 is 0 Å². The monoisotopic (exact) mass is 435 g/mol. The maximum Gasteiger partial charge on any atom is 0.326 e. The number of hydrogen-bond donors (Lipinski definition) is 3. The highest BCUT2D eigenvalue weighted by Crippen LogP contribution is 2.30. The number of carboxylic acid groups (broad SMARTS) is 1. The molecule has 0 spiro atoms. The second kappa shape index (κ2) is 10.7. The lowest BCUT2D eigenvalue weighted by atomic mass is 9.94. The van der Waals surface area contributed by atoms with Crippen LogP contribution < -0.4 is 11.1 Å². The Morgan fingerprint density at radius 2 is 1.87 bits per heavy atom. The van der Waals surface area contributed by atoms with Gasteiger partial charge in [-0.3, -0.25) is 9.78 Å². The first-order valence-corrected chi connectivity index (χ1v) is 11.3. The Hall–Kier alpha value is -3.16. The average molecular weight is 436 g/mol. The zero-order valence-electron chi connectivity index (χ0n) is 17.2. The number of carbonyl (C=O) groups excluding carboxylic acids is 1. The predicted octanol–water partition coefficient (Wildman–Crippen LogP) is 3.81. The van der Waals surface area contributed by atoms with Crippen molar-refractivity contribution in [1.29, 1.82) is 0 Å². The number of aromatic nitrogens is 1. The summed E-state index contributed by atoms with van der Waals surface area (Å²) in [4.78, 5) is 29.1. The van der Waals surface area contributed by atoms with Crippen LogP contribution in [0.5, 0.6) is 0 Å². The zero-order chi connectivity index (χ0) is 22.2. The van der Waals surface area contributed by atoms with Crippen LogP contribution in [0, 0.1) is 0 Å². The molecule has 1 unspecified atom stereocenters. The molecular formula is C24H25N3O3S. The van der Waals surface area contributed by atoms with Crippen LogP contribution in [0.15, 0.2) is 66.9 Å². The molecule has 7 heteroatoms. The summed E-state index contributed by atoms with van der Waals surface area (Å²) < 4.78 is 0. The molecule has 4 N–H and O–H groups in total. The first-order valence-electron chi connectivity index (χ1n) is 9.91. The number of pyridine rings is 1. The van der Waals surface area contributed by atoms with Crippen molar-refractivity contribution < 1.29 is 14.7 Å². The van der Waals surface area contributed by atoms with Crippen LogP contribution in [-0.2, 0) is 11.3 Å². The number of thioether (sulfide) groups is 1. The molecule has 0 aliphatic heterocycles. The standard InChI is InChI=1S/C24H25N3O3S/c1-31-13-11-21(24(29)30)27-23(28)19-10-9-17(22-18(15-25)8-5-12-26-22)14-20(19)16-6-3-2-4-7-16/h2-10,12,14,21H,11,13,15,25H2,1H3,(H,27,28)(H,29,30). The minimum atomic E-state index is -1.04. The van der Waals surface area contributed by atoms with Gasteiger partial charge in [-0.15, -0.1) is 0 Å². The van der Waals surface area contributed by atoms with Crippen molar-refractivity contribution in [2.24, 2.45) is 5.73 Å². The Balaban J connectivity index is 2.04. The van der Waals surface area contributed by atoms with E-state index in [2.05, 4.69) is 10.3 Å². The number of nitrogens with zero attached hydrogens (tertiary/aromatic N) is 1. The fourth-order valence-corrected chi connectivity index (χ4v) is 3.81. The summed E-state index contributed by atoms with van der Waals surface area (Å²) in [5.41, 5.74) is 10.4. The van der Waals surface area contributed by atoms with Crippen LogP contribution in [0.25, 0.3) is 22.4 Å². The topological polar surface area (TPSA) is 105 Å². The normalized spacial score (nSPS) is 11.7. The third-order valence-corrected chi connectivity index (χ3v) is 5.59. The Morgan fingerprint density at radius 1 is 1.10 bits per heavy atom. The van der Waals surface area contributed by atoms with Gasteiger partial charge in [0.05, 0.1) is 5.69 Å². The Bertz CT molecular complexity index is 1060. The van der Waals surface area contributed by atoms with E-state index < -0.39 is 17.9 Å². The van der Waals surface area contributed by atoms with Crippen molar-refractivity contribution >= 4 is 23.6 Å². The summed E-state index contributed by atoms with van der Waals surface area (Å²) in [5.74, 6) is -0.816. The van der Waals surface area contributed by atoms with Gasteiger partial charge in [-0.25, -0.2) is 4.79 Å². The maximum absolute atomic E-state index is 13.1. The lowest BCUT2D eigenvalue weighted by molar-refractivity contribution is -0.139. The van der Waals surface area contributed by atoms with Crippen LogP contribution >= 0.6 is 11.8 Å². The molecule has 1 amide bonds. The molecule has 0 aliphatic rings. The highest BCUT2D eigenvalue weighted by Gasteiger charge is 2.22. The van der Waals surface area contributed by atoms with Crippen LogP contribution in [0.3, 0.4) is 0 Å². The molecule has 31 heavy (non-hydrogen) atoms. The predicted molar refractivity (Wildman–Crippen MR) is 125 cm³/mol. The number of nitrogens with one attached hydrogen (secondary N) is 1. The number of carboxylic acids is 1. The summed E-state index contributed by atoms with van der Waals surface area (Å²) >= 11 is 1.54. The van der Waals surface area contributed by atoms with Crippen LogP contribution in [0.2, 0.25) is 0 Å². The molecule has 160 valence electrons. The van der Waals surface area contributed by atoms with E-state index in [1.54, 1.807) is 24.0 Å². The van der Waals surface area contributed by atoms with Gasteiger partial charge in [0.25, 0.3) is 5.91 Å². The molecule has 6 nitrogen and oxygen atoms in total. The smallest absolute Gasteiger partial charge is 0.326 e. The highest BCUT2D eigenvalue weighted by atomic mass is 32.2. The second-order valence-electron chi connectivity index (χ2n) is 6.99. The van der Waals surface area contributed by atoms with E-state index in [9.17, 15) is 14.7 Å². The lowest BCUT2D eigenvalue weighted by Gasteiger charge is -2.17. The van der Waals surface area contributed by atoms with Gasteiger partial charge in [0.2, 0.25) is 0 Å². The number of nitrogens with two attached hydrogens (primary N) is 1. The number of carbonyl (C=O) groups is 2. The average Bonchev–Trinajstić information content (AvgIpc) is 2.81. The SMILES string of the molecule is CSCCC(NC(=O)c1ccc(-c2ncccc2CN)cc1-c1ccccc1)C(=O)O. The van der Waals surface area contributed by atoms with Gasteiger partial charge < -0.3 is 16.2 Å². The van der Waals surface area contributed by atoms with E-state index in [-0.39, 0.29) is 0 Å².